The molecule has 3 aromatic rings. The van der Waals surface area contributed by atoms with Gasteiger partial charge in [-0.05, 0) is 79.3 Å². The standard InChI is InChI=1S/C31H26Cl3N3O2/c1-17-10-18(2)23(11-19(17)16-39-28-9-4-3-6-25(28)34)29-24(15-35)31(36)37(22-13-20(32)12-21(33)14-22)26-7-5-8-27(38)30(26)29/h3-4,6,9-14,29H,5,7-8,16,36H2,1-2H3. The zero-order chi connectivity index (χ0) is 27.8. The number of anilines is 1. The van der Waals surface area contributed by atoms with Crippen molar-refractivity contribution < 1.29 is 9.53 Å². The summed E-state index contributed by atoms with van der Waals surface area (Å²) in [5.41, 5.74) is 12.8. The largest absolute Gasteiger partial charge is 0.487 e. The number of nitrogens with two attached hydrogens (primary N) is 1. The summed E-state index contributed by atoms with van der Waals surface area (Å²) in [6.07, 6.45) is 1.73. The number of benzene rings is 3. The number of carbonyl (C=O) groups is 1. The molecule has 0 fully saturated rings. The van der Waals surface area contributed by atoms with Gasteiger partial charge in [0.05, 0.1) is 28.3 Å². The highest BCUT2D eigenvalue weighted by Gasteiger charge is 2.41. The van der Waals surface area contributed by atoms with Crippen LogP contribution in [0.5, 0.6) is 5.75 Å². The second-order valence-electron chi connectivity index (χ2n) is 9.80. The molecular weight excluding hydrogens is 553 g/mol. The minimum Gasteiger partial charge on any atom is -0.487 e. The Kier molecular flexibility index (Phi) is 7.64. The van der Waals surface area contributed by atoms with Crippen LogP contribution in [-0.4, -0.2) is 5.78 Å². The van der Waals surface area contributed by atoms with E-state index in [9.17, 15) is 10.1 Å². The van der Waals surface area contributed by atoms with Crippen LogP contribution >= 0.6 is 34.8 Å². The molecule has 1 heterocycles. The molecule has 8 heteroatoms. The third-order valence-corrected chi connectivity index (χ3v) is 8.02. The van der Waals surface area contributed by atoms with E-state index in [2.05, 4.69) is 12.1 Å². The Hall–Kier alpha value is -3.43. The average Bonchev–Trinajstić information content (AvgIpc) is 2.88. The predicted molar refractivity (Wildman–Crippen MR) is 156 cm³/mol. The second kappa shape index (κ2) is 11.0. The summed E-state index contributed by atoms with van der Waals surface area (Å²) in [5.74, 6) is 0.267. The molecule has 0 saturated carbocycles. The van der Waals surface area contributed by atoms with Gasteiger partial charge < -0.3 is 10.5 Å². The number of nitrogens with zero attached hydrogens (tertiary/aromatic N) is 2. The van der Waals surface area contributed by atoms with Crippen molar-refractivity contribution in [3.05, 3.63) is 115 Å². The molecule has 2 N–H and O–H groups in total. The first kappa shape index (κ1) is 27.1. The van der Waals surface area contributed by atoms with Crippen molar-refractivity contribution in [3.63, 3.8) is 0 Å². The molecular formula is C31H26Cl3N3O2. The van der Waals surface area contributed by atoms with Crippen molar-refractivity contribution in [3.8, 4) is 11.8 Å². The number of ether oxygens (including phenoxy) is 1. The maximum atomic E-state index is 13.6. The Morgan fingerprint density at radius 2 is 1.74 bits per heavy atom. The van der Waals surface area contributed by atoms with Crippen molar-refractivity contribution in [1.29, 1.82) is 5.26 Å². The number of nitriles is 1. The Morgan fingerprint density at radius 3 is 2.44 bits per heavy atom. The third kappa shape index (κ3) is 5.13. The summed E-state index contributed by atoms with van der Waals surface area (Å²) in [6, 6.07) is 18.8. The first-order chi connectivity index (χ1) is 18.7. The van der Waals surface area contributed by atoms with Crippen molar-refractivity contribution >= 4 is 46.3 Å². The molecule has 0 amide bonds. The molecule has 1 atom stereocenters. The lowest BCUT2D eigenvalue weighted by Crippen LogP contribution is -2.39. The van der Waals surface area contributed by atoms with E-state index in [0.29, 0.717) is 56.9 Å². The number of rotatable bonds is 5. The van der Waals surface area contributed by atoms with Crippen LogP contribution in [0.4, 0.5) is 5.69 Å². The number of halogens is 3. The lowest BCUT2D eigenvalue weighted by atomic mass is 9.74. The van der Waals surface area contributed by atoms with Gasteiger partial charge in [0.15, 0.2) is 5.78 Å². The van der Waals surface area contributed by atoms with Gasteiger partial charge in [-0.2, -0.15) is 5.26 Å². The van der Waals surface area contributed by atoms with Crippen molar-refractivity contribution in [2.45, 2.75) is 45.6 Å². The number of carbonyl (C=O) groups excluding carboxylic acids is 1. The SMILES string of the molecule is Cc1cc(C)c(C2C(C#N)=C(N)N(c3cc(Cl)cc(Cl)c3)C3=C2C(=O)CCC3)cc1COc1ccccc1Cl. The summed E-state index contributed by atoms with van der Waals surface area (Å²) in [5, 5.41) is 11.8. The van der Waals surface area contributed by atoms with Crippen molar-refractivity contribution in [2.24, 2.45) is 5.73 Å². The van der Waals surface area contributed by atoms with Gasteiger partial charge in [0, 0.05) is 27.7 Å². The van der Waals surface area contributed by atoms with Gasteiger partial charge in [0.25, 0.3) is 0 Å². The molecule has 0 saturated heterocycles. The molecule has 3 aromatic carbocycles. The number of ketones is 1. The van der Waals surface area contributed by atoms with E-state index in [1.807, 2.05) is 38.1 Å². The Balaban J connectivity index is 1.65. The average molecular weight is 579 g/mol. The fraction of sp³-hybridized carbons (Fsp3) is 0.226. The minimum absolute atomic E-state index is 0.00784. The lowest BCUT2D eigenvalue weighted by molar-refractivity contribution is -0.116. The highest BCUT2D eigenvalue weighted by Crippen LogP contribution is 2.48. The monoisotopic (exact) mass is 577 g/mol. The molecule has 0 aromatic heterocycles. The molecule has 198 valence electrons. The number of Topliss-reactive ketones (excluding diaryl/α,β-unsaturated/α-hetero) is 1. The van der Waals surface area contributed by atoms with E-state index in [1.54, 1.807) is 29.2 Å². The van der Waals surface area contributed by atoms with E-state index in [0.717, 1.165) is 28.0 Å². The number of hydrogen-bond donors (Lipinski definition) is 1. The van der Waals surface area contributed by atoms with Crippen LogP contribution in [0.15, 0.2) is 77.3 Å². The zero-order valence-corrected chi connectivity index (χ0v) is 23.8. The molecule has 2 aliphatic rings. The van der Waals surface area contributed by atoms with Crippen LogP contribution in [0.3, 0.4) is 0 Å². The van der Waals surface area contributed by atoms with Crippen LogP contribution in [0, 0.1) is 25.2 Å². The summed E-state index contributed by atoms with van der Waals surface area (Å²) in [6.45, 7) is 4.28. The predicted octanol–water partition coefficient (Wildman–Crippen LogP) is 8.15. The first-order valence-corrected chi connectivity index (χ1v) is 13.7. The lowest BCUT2D eigenvalue weighted by Gasteiger charge is -2.40. The Labute approximate surface area is 243 Å². The van der Waals surface area contributed by atoms with Crippen LogP contribution in [-0.2, 0) is 11.4 Å². The van der Waals surface area contributed by atoms with Crippen LogP contribution in [0.2, 0.25) is 15.1 Å². The minimum atomic E-state index is -0.594. The molecule has 0 spiro atoms. The maximum Gasteiger partial charge on any atom is 0.161 e. The second-order valence-corrected chi connectivity index (χ2v) is 11.1. The van der Waals surface area contributed by atoms with Gasteiger partial charge in [-0.3, -0.25) is 9.69 Å². The number of aryl methyl sites for hydroxylation is 2. The summed E-state index contributed by atoms with van der Waals surface area (Å²) >= 11 is 18.9. The normalized spacial score (nSPS) is 17.3. The molecule has 1 unspecified atom stereocenters. The van der Waals surface area contributed by atoms with Crippen molar-refractivity contribution in [2.75, 3.05) is 4.90 Å². The number of hydrogen-bond acceptors (Lipinski definition) is 5. The number of allylic oxidation sites excluding steroid dienone is 3. The Morgan fingerprint density at radius 1 is 1.03 bits per heavy atom. The van der Waals surface area contributed by atoms with Gasteiger partial charge in [-0.25, -0.2) is 0 Å². The summed E-state index contributed by atoms with van der Waals surface area (Å²) in [4.78, 5) is 15.3. The molecule has 1 aliphatic carbocycles. The molecule has 39 heavy (non-hydrogen) atoms. The smallest absolute Gasteiger partial charge is 0.161 e. The summed E-state index contributed by atoms with van der Waals surface area (Å²) in [7, 11) is 0. The quantitative estimate of drug-likeness (QED) is 0.330. The fourth-order valence-corrected chi connectivity index (χ4v) is 6.17. The molecule has 5 nitrogen and oxygen atoms in total. The zero-order valence-electron chi connectivity index (χ0n) is 21.5. The van der Waals surface area contributed by atoms with Gasteiger partial charge in [-0.1, -0.05) is 59.1 Å². The maximum absolute atomic E-state index is 13.6. The molecule has 5 rings (SSSR count). The van der Waals surface area contributed by atoms with Gasteiger partial charge in [0.2, 0.25) is 0 Å². The highest BCUT2D eigenvalue weighted by atomic mass is 35.5. The fourth-order valence-electron chi connectivity index (χ4n) is 5.46. The third-order valence-electron chi connectivity index (χ3n) is 7.27. The summed E-state index contributed by atoms with van der Waals surface area (Å²) < 4.78 is 6.04. The highest BCUT2D eigenvalue weighted by molar-refractivity contribution is 6.35. The van der Waals surface area contributed by atoms with E-state index in [-0.39, 0.29) is 18.2 Å². The molecule has 0 radical (unpaired) electrons. The van der Waals surface area contributed by atoms with E-state index < -0.39 is 5.92 Å². The van der Waals surface area contributed by atoms with Gasteiger partial charge in [-0.15, -0.1) is 0 Å². The first-order valence-electron chi connectivity index (χ1n) is 12.6. The van der Waals surface area contributed by atoms with Gasteiger partial charge >= 0.3 is 0 Å². The topological polar surface area (TPSA) is 79.4 Å². The van der Waals surface area contributed by atoms with Crippen LogP contribution < -0.4 is 15.4 Å². The molecule has 0 bridgehead atoms. The van der Waals surface area contributed by atoms with E-state index >= 15 is 0 Å². The van der Waals surface area contributed by atoms with E-state index in [4.69, 9.17) is 45.3 Å². The van der Waals surface area contributed by atoms with E-state index in [1.165, 1.54) is 0 Å². The van der Waals surface area contributed by atoms with Crippen LogP contribution in [0.25, 0.3) is 0 Å². The van der Waals surface area contributed by atoms with Crippen molar-refractivity contribution in [1.82, 2.24) is 0 Å². The molecule has 1 aliphatic heterocycles. The van der Waals surface area contributed by atoms with Gasteiger partial charge in [0.1, 0.15) is 18.2 Å². The Bertz CT molecular complexity index is 1580. The van der Waals surface area contributed by atoms with Crippen LogP contribution in [0.1, 0.15) is 47.4 Å². The number of para-hydroxylation sites is 1.